The van der Waals surface area contributed by atoms with Gasteiger partial charge < -0.3 is 10.2 Å². The second kappa shape index (κ2) is 14.0. The fourth-order valence-electron chi connectivity index (χ4n) is 4.13. The Hall–Kier alpha value is -3.07. The summed E-state index contributed by atoms with van der Waals surface area (Å²) in [4.78, 5) is 29.2. The number of hydrogen-bond acceptors (Lipinski definition) is 4. The van der Waals surface area contributed by atoms with E-state index in [-0.39, 0.29) is 30.6 Å². The first-order chi connectivity index (χ1) is 18.9. The summed E-state index contributed by atoms with van der Waals surface area (Å²) in [5.41, 5.74) is 2.66. The van der Waals surface area contributed by atoms with Crippen LogP contribution in [0, 0.1) is 6.92 Å². The normalized spacial score (nSPS) is 12.8. The largest absolute Gasteiger partial charge is 0.352 e. The summed E-state index contributed by atoms with van der Waals surface area (Å²) in [7, 11) is -3.87. The highest BCUT2D eigenvalue weighted by molar-refractivity contribution is 7.92. The van der Waals surface area contributed by atoms with Crippen LogP contribution in [0.2, 0.25) is 10.0 Å². The third-order valence-corrected chi connectivity index (χ3v) is 8.46. The van der Waals surface area contributed by atoms with E-state index in [9.17, 15) is 18.0 Å². The van der Waals surface area contributed by atoms with E-state index in [0.29, 0.717) is 16.5 Å². The average Bonchev–Trinajstić information content (AvgIpc) is 2.91. The summed E-state index contributed by atoms with van der Waals surface area (Å²) in [5.74, 6) is -0.845. The molecule has 3 aromatic carbocycles. The number of anilines is 1. The highest BCUT2D eigenvalue weighted by Crippen LogP contribution is 2.26. The topological polar surface area (TPSA) is 86.8 Å². The molecule has 0 bridgehead atoms. The summed E-state index contributed by atoms with van der Waals surface area (Å²) >= 11 is 12.4. The molecule has 1 N–H and O–H groups in total. The van der Waals surface area contributed by atoms with Crippen LogP contribution < -0.4 is 9.62 Å². The van der Waals surface area contributed by atoms with Crippen LogP contribution in [-0.2, 0) is 32.6 Å². The van der Waals surface area contributed by atoms with Crippen molar-refractivity contribution in [3.8, 4) is 0 Å². The molecule has 0 aliphatic heterocycles. The van der Waals surface area contributed by atoms with E-state index >= 15 is 0 Å². The van der Waals surface area contributed by atoms with Gasteiger partial charge in [0.15, 0.2) is 0 Å². The minimum absolute atomic E-state index is 0.0771. The highest BCUT2D eigenvalue weighted by atomic mass is 35.5. The Bertz CT molecular complexity index is 1420. The molecular weight excluding hydrogens is 569 g/mol. The molecule has 40 heavy (non-hydrogen) atoms. The Morgan fingerprint density at radius 3 is 2.17 bits per heavy atom. The Kier molecular flexibility index (Phi) is 11.0. The molecule has 3 aromatic rings. The molecule has 0 fully saturated rings. The van der Waals surface area contributed by atoms with Crippen molar-refractivity contribution in [3.05, 3.63) is 99.5 Å². The Balaban J connectivity index is 2.06. The number of nitrogens with one attached hydrogen (secondary N) is 1. The van der Waals surface area contributed by atoms with Gasteiger partial charge in [0.2, 0.25) is 21.8 Å². The second-order valence-electron chi connectivity index (χ2n) is 9.87. The molecule has 2 atom stereocenters. The van der Waals surface area contributed by atoms with Gasteiger partial charge in [-0.05, 0) is 61.2 Å². The van der Waals surface area contributed by atoms with Crippen LogP contribution in [0.1, 0.15) is 37.0 Å². The molecule has 214 valence electrons. The number of amides is 2. The van der Waals surface area contributed by atoms with Gasteiger partial charge in [-0.2, -0.15) is 0 Å². The number of benzene rings is 3. The van der Waals surface area contributed by atoms with E-state index in [1.807, 2.05) is 44.2 Å². The van der Waals surface area contributed by atoms with Crippen molar-refractivity contribution in [3.63, 3.8) is 0 Å². The minimum atomic E-state index is -3.87. The molecule has 0 saturated carbocycles. The van der Waals surface area contributed by atoms with E-state index in [1.54, 1.807) is 43.3 Å². The number of carbonyl (C=O) groups is 2. The summed E-state index contributed by atoms with van der Waals surface area (Å²) < 4.78 is 26.8. The lowest BCUT2D eigenvalue weighted by atomic mass is 10.0. The summed E-state index contributed by atoms with van der Waals surface area (Å²) in [6.07, 6.45) is 2.00. The summed E-state index contributed by atoms with van der Waals surface area (Å²) in [6.45, 7) is 5.24. The molecular formula is C30H35Cl2N3O4S. The lowest BCUT2D eigenvalue weighted by Crippen LogP contribution is -2.54. The zero-order valence-corrected chi connectivity index (χ0v) is 25.4. The number of rotatable bonds is 12. The maximum Gasteiger partial charge on any atom is 0.244 e. The van der Waals surface area contributed by atoms with E-state index in [2.05, 4.69) is 5.32 Å². The van der Waals surface area contributed by atoms with Crippen molar-refractivity contribution >= 4 is 50.7 Å². The van der Waals surface area contributed by atoms with Gasteiger partial charge in [0, 0.05) is 29.1 Å². The van der Waals surface area contributed by atoms with Gasteiger partial charge in [0.05, 0.1) is 11.9 Å². The van der Waals surface area contributed by atoms with Crippen LogP contribution in [0.25, 0.3) is 0 Å². The van der Waals surface area contributed by atoms with Crippen LogP contribution in [-0.4, -0.2) is 50.0 Å². The molecule has 0 aliphatic carbocycles. The van der Waals surface area contributed by atoms with E-state index in [0.717, 1.165) is 27.3 Å². The van der Waals surface area contributed by atoms with Gasteiger partial charge in [-0.3, -0.25) is 13.9 Å². The Morgan fingerprint density at radius 2 is 1.60 bits per heavy atom. The number of sulfonamides is 1. The third-order valence-electron chi connectivity index (χ3n) is 6.66. The zero-order chi connectivity index (χ0) is 29.4. The SMILES string of the molecule is CCC(C)NC(=O)C(Cc1ccccc1)N(Cc1ccc(Cl)cc1)C(=O)CN(c1ccc(C)c(Cl)c1)S(C)(=O)=O. The van der Waals surface area contributed by atoms with Crippen LogP contribution in [0.3, 0.4) is 0 Å². The maximum absolute atomic E-state index is 14.1. The van der Waals surface area contributed by atoms with Crippen LogP contribution >= 0.6 is 23.2 Å². The zero-order valence-electron chi connectivity index (χ0n) is 23.1. The van der Waals surface area contributed by atoms with Crippen molar-refractivity contribution in [2.24, 2.45) is 0 Å². The molecule has 2 amide bonds. The van der Waals surface area contributed by atoms with Crippen LogP contribution in [0.15, 0.2) is 72.8 Å². The fourth-order valence-corrected chi connectivity index (χ4v) is 5.27. The first-order valence-electron chi connectivity index (χ1n) is 13.0. The molecule has 0 aliphatic rings. The smallest absolute Gasteiger partial charge is 0.244 e. The summed E-state index contributed by atoms with van der Waals surface area (Å²) in [5, 5.41) is 3.93. The van der Waals surface area contributed by atoms with E-state index < -0.39 is 28.5 Å². The molecule has 0 saturated heterocycles. The second-order valence-corrected chi connectivity index (χ2v) is 12.6. The summed E-state index contributed by atoms with van der Waals surface area (Å²) in [6, 6.07) is 20.2. The van der Waals surface area contributed by atoms with Crippen molar-refractivity contribution in [2.45, 2.75) is 52.2 Å². The van der Waals surface area contributed by atoms with Gasteiger partial charge in [-0.15, -0.1) is 0 Å². The highest BCUT2D eigenvalue weighted by Gasteiger charge is 2.33. The number of hydrogen-bond donors (Lipinski definition) is 1. The predicted molar refractivity (Wildman–Crippen MR) is 162 cm³/mol. The first kappa shape index (κ1) is 31.5. The molecule has 7 nitrogen and oxygen atoms in total. The van der Waals surface area contributed by atoms with Crippen molar-refractivity contribution in [2.75, 3.05) is 17.1 Å². The van der Waals surface area contributed by atoms with E-state index in [4.69, 9.17) is 23.2 Å². The molecule has 0 aromatic heterocycles. The monoisotopic (exact) mass is 603 g/mol. The number of carbonyl (C=O) groups excluding carboxylic acids is 2. The number of halogens is 2. The third kappa shape index (κ3) is 8.71. The van der Waals surface area contributed by atoms with Crippen molar-refractivity contribution in [1.82, 2.24) is 10.2 Å². The van der Waals surface area contributed by atoms with Gasteiger partial charge in [-0.1, -0.05) is 78.7 Å². The van der Waals surface area contributed by atoms with Crippen LogP contribution in [0.5, 0.6) is 0 Å². The fraction of sp³-hybridized carbons (Fsp3) is 0.333. The van der Waals surface area contributed by atoms with Crippen molar-refractivity contribution < 1.29 is 18.0 Å². The molecule has 2 unspecified atom stereocenters. The standard InChI is InChI=1S/C30H35Cl2N3O4S/c1-5-22(3)33-30(37)28(17-23-9-7-6-8-10-23)34(19-24-12-14-25(31)15-13-24)29(36)20-35(40(4,38)39)26-16-11-21(2)27(32)18-26/h6-16,18,22,28H,5,17,19-20H2,1-4H3,(H,33,37). The van der Waals surface area contributed by atoms with Gasteiger partial charge in [0.1, 0.15) is 12.6 Å². The number of nitrogens with zero attached hydrogens (tertiary/aromatic N) is 2. The van der Waals surface area contributed by atoms with Gasteiger partial charge in [0.25, 0.3) is 0 Å². The van der Waals surface area contributed by atoms with Crippen molar-refractivity contribution in [1.29, 1.82) is 0 Å². The molecule has 0 radical (unpaired) electrons. The first-order valence-corrected chi connectivity index (χ1v) is 15.6. The van der Waals surface area contributed by atoms with Crippen LogP contribution in [0.4, 0.5) is 5.69 Å². The predicted octanol–water partition coefficient (Wildman–Crippen LogP) is 5.62. The number of aryl methyl sites for hydroxylation is 1. The average molecular weight is 605 g/mol. The molecule has 10 heteroatoms. The maximum atomic E-state index is 14.1. The molecule has 3 rings (SSSR count). The minimum Gasteiger partial charge on any atom is -0.352 e. The molecule has 0 heterocycles. The van der Waals surface area contributed by atoms with E-state index in [1.165, 1.54) is 11.0 Å². The lowest BCUT2D eigenvalue weighted by Gasteiger charge is -2.34. The quantitative estimate of drug-likeness (QED) is 0.291. The lowest BCUT2D eigenvalue weighted by molar-refractivity contribution is -0.140. The Labute approximate surface area is 247 Å². The van der Waals surface area contributed by atoms with Gasteiger partial charge >= 0.3 is 0 Å². The Morgan fingerprint density at radius 1 is 0.950 bits per heavy atom. The molecule has 0 spiro atoms. The van der Waals surface area contributed by atoms with Gasteiger partial charge in [-0.25, -0.2) is 8.42 Å².